The van der Waals surface area contributed by atoms with E-state index in [0.29, 0.717) is 18.8 Å². The van der Waals surface area contributed by atoms with E-state index < -0.39 is 17.8 Å². The van der Waals surface area contributed by atoms with Crippen LogP contribution in [0.15, 0.2) is 18.2 Å². The van der Waals surface area contributed by atoms with Gasteiger partial charge in [-0.25, -0.2) is 8.78 Å². The van der Waals surface area contributed by atoms with Crippen LogP contribution in [0.2, 0.25) is 0 Å². The lowest BCUT2D eigenvalue weighted by atomic mass is 10.1. The third-order valence-corrected chi connectivity index (χ3v) is 3.57. The molecule has 2 fully saturated rings. The molecule has 2 aliphatic heterocycles. The predicted octanol–water partition coefficient (Wildman–Crippen LogP) is 1.18. The predicted molar refractivity (Wildman–Crippen MR) is 63.2 cm³/mol. The Bertz CT molecular complexity index is 503. The summed E-state index contributed by atoms with van der Waals surface area (Å²) in [5, 5.41) is 2.97. The van der Waals surface area contributed by atoms with E-state index in [4.69, 9.17) is 4.74 Å². The Labute approximate surface area is 109 Å². The van der Waals surface area contributed by atoms with Crippen LogP contribution in [0.1, 0.15) is 18.2 Å². The molecule has 2 heterocycles. The van der Waals surface area contributed by atoms with Gasteiger partial charge in [-0.15, -0.1) is 0 Å². The summed E-state index contributed by atoms with van der Waals surface area (Å²) >= 11 is 0. The SMILES string of the molecule is O=C1CNC(c2ccc(F)cc2F)N1C1CCOC1. The molecule has 2 saturated heterocycles. The number of ether oxygens (including phenoxy) is 1. The molecular formula is C13H14F2N2O2. The van der Waals surface area contributed by atoms with Crippen LogP contribution in [0, 0.1) is 11.6 Å². The van der Waals surface area contributed by atoms with Gasteiger partial charge in [-0.2, -0.15) is 0 Å². The molecule has 1 amide bonds. The highest BCUT2D eigenvalue weighted by molar-refractivity contribution is 5.81. The summed E-state index contributed by atoms with van der Waals surface area (Å²) in [5.74, 6) is -1.35. The minimum atomic E-state index is -0.642. The second-order valence-corrected chi connectivity index (χ2v) is 4.77. The summed E-state index contributed by atoms with van der Waals surface area (Å²) in [5.41, 5.74) is 0.291. The summed E-state index contributed by atoms with van der Waals surface area (Å²) in [4.78, 5) is 13.5. The number of hydrogen-bond acceptors (Lipinski definition) is 3. The summed E-state index contributed by atoms with van der Waals surface area (Å²) in [7, 11) is 0. The number of nitrogens with zero attached hydrogens (tertiary/aromatic N) is 1. The van der Waals surface area contributed by atoms with Gasteiger partial charge in [-0.05, 0) is 18.6 Å². The van der Waals surface area contributed by atoms with Crippen LogP contribution < -0.4 is 5.32 Å². The lowest BCUT2D eigenvalue weighted by molar-refractivity contribution is -0.130. The van der Waals surface area contributed by atoms with Gasteiger partial charge in [0.1, 0.15) is 17.8 Å². The van der Waals surface area contributed by atoms with Gasteiger partial charge in [0, 0.05) is 18.2 Å². The zero-order chi connectivity index (χ0) is 13.4. The molecule has 0 aliphatic carbocycles. The third-order valence-electron chi connectivity index (χ3n) is 3.57. The first-order chi connectivity index (χ1) is 9.16. The standard InChI is InChI=1S/C13H14F2N2O2/c14-8-1-2-10(11(15)5-8)13-16-6-12(18)17(13)9-3-4-19-7-9/h1-2,5,9,13,16H,3-4,6-7H2. The average molecular weight is 268 g/mol. The Balaban J connectivity index is 1.91. The average Bonchev–Trinajstić information content (AvgIpc) is 2.98. The van der Waals surface area contributed by atoms with Crippen molar-refractivity contribution in [3.05, 3.63) is 35.4 Å². The number of halogens is 2. The number of nitrogens with one attached hydrogen (secondary N) is 1. The molecule has 2 unspecified atom stereocenters. The van der Waals surface area contributed by atoms with Crippen molar-refractivity contribution >= 4 is 5.91 Å². The monoisotopic (exact) mass is 268 g/mol. The third kappa shape index (κ3) is 2.21. The molecule has 2 atom stereocenters. The number of carbonyl (C=O) groups is 1. The Kier molecular flexibility index (Phi) is 3.20. The molecule has 0 aromatic heterocycles. The number of rotatable bonds is 2. The van der Waals surface area contributed by atoms with Gasteiger partial charge in [0.15, 0.2) is 0 Å². The highest BCUT2D eigenvalue weighted by Gasteiger charge is 2.39. The minimum absolute atomic E-state index is 0.0445. The molecule has 0 spiro atoms. The van der Waals surface area contributed by atoms with Crippen molar-refractivity contribution in [3.8, 4) is 0 Å². The van der Waals surface area contributed by atoms with Crippen molar-refractivity contribution in [2.75, 3.05) is 19.8 Å². The van der Waals surface area contributed by atoms with E-state index in [-0.39, 0.29) is 18.5 Å². The summed E-state index contributed by atoms with van der Waals surface area (Å²) < 4.78 is 32.1. The van der Waals surface area contributed by atoms with E-state index in [9.17, 15) is 13.6 Å². The number of carbonyl (C=O) groups excluding carboxylic acids is 1. The molecule has 0 radical (unpaired) electrons. The fourth-order valence-corrected chi connectivity index (χ4v) is 2.66. The lowest BCUT2D eigenvalue weighted by Gasteiger charge is -2.29. The summed E-state index contributed by atoms with van der Waals surface area (Å²) in [6.45, 7) is 1.23. The quantitative estimate of drug-likeness (QED) is 0.876. The topological polar surface area (TPSA) is 41.6 Å². The largest absolute Gasteiger partial charge is 0.379 e. The molecule has 1 aromatic rings. The zero-order valence-corrected chi connectivity index (χ0v) is 10.2. The van der Waals surface area contributed by atoms with E-state index >= 15 is 0 Å². The van der Waals surface area contributed by atoms with E-state index in [1.165, 1.54) is 12.1 Å². The maximum atomic E-state index is 13.8. The molecule has 3 rings (SSSR count). The molecule has 4 nitrogen and oxygen atoms in total. The van der Waals surface area contributed by atoms with Crippen LogP contribution in [-0.4, -0.2) is 36.6 Å². The molecule has 2 aliphatic rings. The minimum Gasteiger partial charge on any atom is -0.379 e. The van der Waals surface area contributed by atoms with Gasteiger partial charge >= 0.3 is 0 Å². The first-order valence-corrected chi connectivity index (χ1v) is 6.24. The molecule has 6 heteroatoms. The van der Waals surface area contributed by atoms with Crippen molar-refractivity contribution in [2.45, 2.75) is 18.6 Å². The molecule has 19 heavy (non-hydrogen) atoms. The van der Waals surface area contributed by atoms with E-state index in [0.717, 1.165) is 12.5 Å². The van der Waals surface area contributed by atoms with Crippen molar-refractivity contribution in [2.24, 2.45) is 0 Å². The fraction of sp³-hybridized carbons (Fsp3) is 0.462. The van der Waals surface area contributed by atoms with Gasteiger partial charge in [-0.3, -0.25) is 10.1 Å². The normalized spacial score (nSPS) is 27.3. The fourth-order valence-electron chi connectivity index (χ4n) is 2.66. The van der Waals surface area contributed by atoms with E-state index in [1.807, 2.05) is 0 Å². The van der Waals surface area contributed by atoms with Crippen LogP contribution >= 0.6 is 0 Å². The van der Waals surface area contributed by atoms with Gasteiger partial charge in [0.05, 0.1) is 19.2 Å². The van der Waals surface area contributed by atoms with Crippen molar-refractivity contribution < 1.29 is 18.3 Å². The maximum absolute atomic E-state index is 13.8. The van der Waals surface area contributed by atoms with Crippen molar-refractivity contribution in [1.82, 2.24) is 10.2 Å². The van der Waals surface area contributed by atoms with Crippen LogP contribution in [0.3, 0.4) is 0 Å². The van der Waals surface area contributed by atoms with E-state index in [2.05, 4.69) is 5.32 Å². The van der Waals surface area contributed by atoms with Crippen molar-refractivity contribution in [3.63, 3.8) is 0 Å². The molecule has 0 saturated carbocycles. The Morgan fingerprint density at radius 1 is 1.37 bits per heavy atom. The zero-order valence-electron chi connectivity index (χ0n) is 10.2. The second kappa shape index (κ2) is 4.86. The lowest BCUT2D eigenvalue weighted by Crippen LogP contribution is -2.40. The van der Waals surface area contributed by atoms with Gasteiger partial charge in [0.2, 0.25) is 5.91 Å². The molecule has 1 aromatic carbocycles. The molecular weight excluding hydrogens is 254 g/mol. The molecule has 102 valence electrons. The Morgan fingerprint density at radius 2 is 2.21 bits per heavy atom. The van der Waals surface area contributed by atoms with Crippen LogP contribution in [-0.2, 0) is 9.53 Å². The second-order valence-electron chi connectivity index (χ2n) is 4.77. The highest BCUT2D eigenvalue weighted by atomic mass is 19.1. The number of hydrogen-bond donors (Lipinski definition) is 1. The first-order valence-electron chi connectivity index (χ1n) is 6.24. The van der Waals surface area contributed by atoms with Crippen LogP contribution in [0.5, 0.6) is 0 Å². The number of amides is 1. The first kappa shape index (κ1) is 12.5. The summed E-state index contributed by atoms with van der Waals surface area (Å²) in [6.07, 6.45) is 0.201. The molecule has 1 N–H and O–H groups in total. The highest BCUT2D eigenvalue weighted by Crippen LogP contribution is 2.29. The van der Waals surface area contributed by atoms with Gasteiger partial charge < -0.3 is 9.64 Å². The van der Waals surface area contributed by atoms with Gasteiger partial charge in [-0.1, -0.05) is 0 Å². The van der Waals surface area contributed by atoms with Gasteiger partial charge in [0.25, 0.3) is 0 Å². The summed E-state index contributed by atoms with van der Waals surface area (Å²) in [6, 6.07) is 3.37. The maximum Gasteiger partial charge on any atom is 0.238 e. The molecule has 0 bridgehead atoms. The van der Waals surface area contributed by atoms with Crippen LogP contribution in [0.4, 0.5) is 8.78 Å². The Morgan fingerprint density at radius 3 is 2.89 bits per heavy atom. The van der Waals surface area contributed by atoms with Crippen molar-refractivity contribution in [1.29, 1.82) is 0 Å². The Hall–Kier alpha value is -1.53. The van der Waals surface area contributed by atoms with E-state index in [1.54, 1.807) is 4.90 Å². The van der Waals surface area contributed by atoms with Crippen LogP contribution in [0.25, 0.3) is 0 Å². The number of benzene rings is 1. The smallest absolute Gasteiger partial charge is 0.238 e.